The normalized spacial score (nSPS) is 17.0. The van der Waals surface area contributed by atoms with E-state index in [-0.39, 0.29) is 11.2 Å². The van der Waals surface area contributed by atoms with Gasteiger partial charge in [-0.25, -0.2) is 0 Å². The second-order valence-electron chi connectivity index (χ2n) is 6.63. The van der Waals surface area contributed by atoms with Gasteiger partial charge in [-0.05, 0) is 36.1 Å². The van der Waals surface area contributed by atoms with Crippen LogP contribution in [-0.4, -0.2) is 5.78 Å². The topological polar surface area (TPSA) is 20.3 Å². The molecule has 0 radical (unpaired) electrons. The zero-order valence-electron chi connectivity index (χ0n) is 13.1. The second-order valence-corrected chi connectivity index (χ2v) is 6.63. The molecule has 0 fully saturated rings. The van der Waals surface area contributed by atoms with E-state index < -0.39 is 0 Å². The van der Waals surface area contributed by atoms with E-state index in [1.165, 1.54) is 0 Å². The van der Waals surface area contributed by atoms with Gasteiger partial charge in [0.05, 0.1) is 0 Å². The molecule has 1 aliphatic rings. The fraction of sp³-hybridized carbons (Fsp3) is 0.250. The van der Waals surface area contributed by atoms with Crippen LogP contribution < -0.4 is 4.90 Å². The van der Waals surface area contributed by atoms with Gasteiger partial charge in [0, 0.05) is 29.6 Å². The molecule has 0 aliphatic heterocycles. The largest absolute Gasteiger partial charge is 0.314 e. The van der Waals surface area contributed by atoms with Crippen molar-refractivity contribution in [1.82, 2.24) is 0 Å². The van der Waals surface area contributed by atoms with Gasteiger partial charge < -0.3 is 4.90 Å². The van der Waals surface area contributed by atoms with E-state index in [9.17, 15) is 4.79 Å². The van der Waals surface area contributed by atoms with E-state index in [0.29, 0.717) is 6.42 Å². The number of para-hydroxylation sites is 2. The van der Waals surface area contributed by atoms with E-state index in [1.54, 1.807) is 0 Å². The van der Waals surface area contributed by atoms with Crippen molar-refractivity contribution in [1.29, 1.82) is 0 Å². The Morgan fingerprint density at radius 3 is 1.77 bits per heavy atom. The highest BCUT2D eigenvalue weighted by Gasteiger charge is 2.30. The maximum Gasteiger partial charge on any atom is 0.157 e. The number of nitrogens with zero attached hydrogens (tertiary/aromatic N) is 1. The van der Waals surface area contributed by atoms with Gasteiger partial charge in [0.2, 0.25) is 0 Å². The van der Waals surface area contributed by atoms with E-state index in [4.69, 9.17) is 0 Å². The number of hydrogen-bond donors (Lipinski definition) is 0. The molecule has 0 atom stereocenters. The lowest BCUT2D eigenvalue weighted by atomic mass is 9.78. The maximum absolute atomic E-state index is 12.2. The summed E-state index contributed by atoms with van der Waals surface area (Å²) in [6.07, 6.45) is 3.32. The Labute approximate surface area is 132 Å². The van der Waals surface area contributed by atoms with Crippen molar-refractivity contribution in [3.63, 3.8) is 0 Å². The molecule has 3 rings (SSSR count). The van der Waals surface area contributed by atoms with Crippen molar-refractivity contribution in [3.8, 4) is 0 Å². The van der Waals surface area contributed by atoms with Crippen molar-refractivity contribution in [2.45, 2.75) is 26.7 Å². The molecular formula is C20H21NO. The van der Waals surface area contributed by atoms with E-state index in [0.717, 1.165) is 23.5 Å². The second kappa shape index (κ2) is 5.80. The van der Waals surface area contributed by atoms with Crippen LogP contribution in [0.5, 0.6) is 0 Å². The molecule has 0 spiro atoms. The van der Waals surface area contributed by atoms with E-state index in [2.05, 4.69) is 43.0 Å². The lowest BCUT2D eigenvalue weighted by molar-refractivity contribution is -0.117. The number of carbonyl (C=O) groups excluding carboxylic acids is 1. The minimum absolute atomic E-state index is 0.00295. The first-order valence-electron chi connectivity index (χ1n) is 7.69. The smallest absolute Gasteiger partial charge is 0.157 e. The summed E-state index contributed by atoms with van der Waals surface area (Å²) in [5, 5.41) is 0. The first-order chi connectivity index (χ1) is 10.6. The van der Waals surface area contributed by atoms with Gasteiger partial charge in [-0.1, -0.05) is 50.2 Å². The summed E-state index contributed by atoms with van der Waals surface area (Å²) in [7, 11) is 0. The number of anilines is 2. The number of hydrogen-bond acceptors (Lipinski definition) is 2. The van der Waals surface area contributed by atoms with Crippen LogP contribution in [0.4, 0.5) is 11.4 Å². The Bertz CT molecular complexity index is 647. The van der Waals surface area contributed by atoms with Crippen molar-refractivity contribution >= 4 is 17.2 Å². The Balaban J connectivity index is 2.09. The molecule has 2 aromatic carbocycles. The highest BCUT2D eigenvalue weighted by molar-refractivity contribution is 5.93. The van der Waals surface area contributed by atoms with E-state index in [1.807, 2.05) is 42.5 Å². The zero-order valence-corrected chi connectivity index (χ0v) is 13.1. The van der Waals surface area contributed by atoms with Crippen LogP contribution in [0, 0.1) is 5.41 Å². The maximum atomic E-state index is 12.2. The summed E-state index contributed by atoms with van der Waals surface area (Å²) in [6.45, 7) is 4.32. The third-order valence-electron chi connectivity index (χ3n) is 3.96. The van der Waals surface area contributed by atoms with E-state index >= 15 is 0 Å². The van der Waals surface area contributed by atoms with Crippen molar-refractivity contribution in [3.05, 3.63) is 72.4 Å². The fourth-order valence-electron chi connectivity index (χ4n) is 3.09. The van der Waals surface area contributed by atoms with Crippen molar-refractivity contribution < 1.29 is 4.79 Å². The number of carbonyl (C=O) groups is 1. The van der Waals surface area contributed by atoms with Gasteiger partial charge in [0.1, 0.15) is 0 Å². The molecular weight excluding hydrogens is 270 g/mol. The van der Waals surface area contributed by atoms with Crippen LogP contribution >= 0.6 is 0 Å². The molecule has 2 nitrogen and oxygen atoms in total. The minimum Gasteiger partial charge on any atom is -0.314 e. The summed E-state index contributed by atoms with van der Waals surface area (Å²) < 4.78 is 0. The van der Waals surface area contributed by atoms with Crippen LogP contribution in [-0.2, 0) is 4.79 Å². The molecule has 2 aromatic rings. The molecule has 2 heteroatoms. The number of allylic oxidation sites excluding steroid dienone is 2. The third-order valence-corrected chi connectivity index (χ3v) is 3.96. The molecule has 0 bridgehead atoms. The summed E-state index contributed by atoms with van der Waals surface area (Å²) in [5.74, 6) is 0.211. The van der Waals surface area contributed by atoms with Crippen LogP contribution in [0.25, 0.3) is 0 Å². The molecule has 0 saturated carbocycles. The van der Waals surface area contributed by atoms with Crippen molar-refractivity contribution in [2.75, 3.05) is 4.90 Å². The number of ketones is 1. The van der Waals surface area contributed by atoms with Gasteiger partial charge in [-0.3, -0.25) is 4.79 Å². The zero-order chi connectivity index (χ0) is 15.6. The lowest BCUT2D eigenvalue weighted by Crippen LogP contribution is -2.29. The molecule has 0 N–H and O–H groups in total. The Morgan fingerprint density at radius 2 is 1.32 bits per heavy atom. The Hall–Kier alpha value is -2.35. The fourth-order valence-corrected chi connectivity index (χ4v) is 3.09. The molecule has 0 saturated heterocycles. The van der Waals surface area contributed by atoms with Gasteiger partial charge in [-0.2, -0.15) is 0 Å². The highest BCUT2D eigenvalue weighted by Crippen LogP contribution is 2.39. The minimum atomic E-state index is 0.00295. The number of rotatable bonds is 3. The summed E-state index contributed by atoms with van der Waals surface area (Å²) in [6, 6.07) is 20.5. The Morgan fingerprint density at radius 1 is 0.818 bits per heavy atom. The quantitative estimate of drug-likeness (QED) is 0.784. The average Bonchev–Trinajstić information content (AvgIpc) is 2.48. The summed E-state index contributed by atoms with van der Waals surface area (Å²) >= 11 is 0. The Kier molecular flexibility index (Phi) is 3.84. The van der Waals surface area contributed by atoms with Gasteiger partial charge in [0.15, 0.2) is 5.78 Å². The molecule has 0 unspecified atom stereocenters. The highest BCUT2D eigenvalue weighted by atomic mass is 16.1. The predicted octanol–water partition coefficient (Wildman–Crippen LogP) is 5.10. The molecule has 0 amide bonds. The van der Waals surface area contributed by atoms with Crippen LogP contribution in [0.15, 0.2) is 72.4 Å². The van der Waals surface area contributed by atoms with Crippen LogP contribution in [0.3, 0.4) is 0 Å². The standard InChI is InChI=1S/C20H21NO/c1-20(2)14-18(13-19(22)15-20)21(16-9-5-3-6-10-16)17-11-7-4-8-12-17/h3-13H,14-15H2,1-2H3. The first kappa shape index (κ1) is 14.6. The third kappa shape index (κ3) is 3.11. The van der Waals surface area contributed by atoms with Gasteiger partial charge in [-0.15, -0.1) is 0 Å². The molecule has 1 aliphatic carbocycles. The summed E-state index contributed by atoms with van der Waals surface area (Å²) in [5.41, 5.74) is 3.25. The summed E-state index contributed by atoms with van der Waals surface area (Å²) in [4.78, 5) is 14.3. The number of benzene rings is 2. The molecule has 112 valence electrons. The lowest BCUT2D eigenvalue weighted by Gasteiger charge is -2.35. The monoisotopic (exact) mass is 291 g/mol. The first-order valence-corrected chi connectivity index (χ1v) is 7.69. The van der Waals surface area contributed by atoms with Crippen LogP contribution in [0.2, 0.25) is 0 Å². The molecule has 0 heterocycles. The van der Waals surface area contributed by atoms with Crippen molar-refractivity contribution in [2.24, 2.45) is 5.41 Å². The molecule has 0 aromatic heterocycles. The average molecular weight is 291 g/mol. The molecule has 22 heavy (non-hydrogen) atoms. The SMILES string of the molecule is CC1(C)CC(=O)C=C(N(c2ccccc2)c2ccccc2)C1. The van der Waals surface area contributed by atoms with Crippen LogP contribution in [0.1, 0.15) is 26.7 Å². The van der Waals surface area contributed by atoms with Gasteiger partial charge >= 0.3 is 0 Å². The van der Waals surface area contributed by atoms with Gasteiger partial charge in [0.25, 0.3) is 0 Å². The predicted molar refractivity (Wildman–Crippen MR) is 91.1 cm³/mol.